The van der Waals surface area contributed by atoms with Gasteiger partial charge in [0.05, 0.1) is 24.1 Å². The summed E-state index contributed by atoms with van der Waals surface area (Å²) in [5.41, 5.74) is 10.2. The smallest absolute Gasteiger partial charge is 0.225 e. The maximum absolute atomic E-state index is 4.87. The van der Waals surface area contributed by atoms with Crippen LogP contribution in [0.1, 0.15) is 98.7 Å². The maximum Gasteiger partial charge on any atom is 0.225 e. The SMILES string of the molecule is C/C=C(\C=NC)c1cnc2c(n1)N(CC1CCCN(c3ncc(-c4cnn(C(CC)CCC)c4)cn3)C1)NN2.CC.CCC. The summed E-state index contributed by atoms with van der Waals surface area (Å²) in [5, 5.41) is 6.67. The van der Waals surface area contributed by atoms with Gasteiger partial charge in [0.2, 0.25) is 5.95 Å². The van der Waals surface area contributed by atoms with Gasteiger partial charge < -0.3 is 4.90 Å². The summed E-state index contributed by atoms with van der Waals surface area (Å²) in [4.78, 5) is 25.3. The van der Waals surface area contributed by atoms with Gasteiger partial charge in [-0.25, -0.2) is 19.9 Å². The summed E-state index contributed by atoms with van der Waals surface area (Å²) < 4.78 is 2.09. The fraction of sp³-hybridized carbons (Fsp3) is 0.576. The first-order valence-corrected chi connectivity index (χ1v) is 16.4. The van der Waals surface area contributed by atoms with E-state index in [2.05, 4.69) is 74.5 Å². The van der Waals surface area contributed by atoms with Crippen molar-refractivity contribution in [3.8, 4) is 11.1 Å². The Hall–Kier alpha value is -3.86. The summed E-state index contributed by atoms with van der Waals surface area (Å²) in [6.45, 7) is 17.3. The van der Waals surface area contributed by atoms with E-state index in [9.17, 15) is 0 Å². The highest BCUT2D eigenvalue weighted by atomic mass is 15.7. The lowest BCUT2D eigenvalue weighted by molar-refractivity contribution is 0.401. The predicted molar refractivity (Wildman–Crippen MR) is 184 cm³/mol. The largest absolute Gasteiger partial charge is 0.340 e. The van der Waals surface area contributed by atoms with E-state index in [1.165, 1.54) is 6.42 Å². The molecule has 0 radical (unpaired) electrons. The maximum atomic E-state index is 4.87. The third-order valence-corrected chi connectivity index (χ3v) is 7.48. The molecule has 2 atom stereocenters. The second-order valence-corrected chi connectivity index (χ2v) is 10.9. The fourth-order valence-electron chi connectivity index (χ4n) is 5.36. The molecular weight excluding hydrogens is 550 g/mol. The van der Waals surface area contributed by atoms with E-state index in [4.69, 9.17) is 15.0 Å². The van der Waals surface area contributed by atoms with E-state index in [-0.39, 0.29) is 0 Å². The van der Waals surface area contributed by atoms with Gasteiger partial charge in [0, 0.05) is 68.2 Å². The molecule has 5 heterocycles. The van der Waals surface area contributed by atoms with Crippen LogP contribution in [0.15, 0.2) is 42.1 Å². The van der Waals surface area contributed by atoms with Crippen molar-refractivity contribution >= 4 is 29.4 Å². The molecule has 0 aliphatic carbocycles. The highest BCUT2D eigenvalue weighted by molar-refractivity contribution is 6.08. The van der Waals surface area contributed by atoms with E-state index in [0.29, 0.717) is 12.0 Å². The van der Waals surface area contributed by atoms with Gasteiger partial charge in [0.1, 0.15) is 0 Å². The third-order valence-electron chi connectivity index (χ3n) is 7.48. The van der Waals surface area contributed by atoms with Crippen molar-refractivity contribution in [2.75, 3.05) is 42.0 Å². The molecule has 0 amide bonds. The highest BCUT2D eigenvalue weighted by Gasteiger charge is 2.29. The monoisotopic (exact) mass is 603 g/mol. The Kier molecular flexibility index (Phi) is 14.2. The minimum atomic E-state index is 0.425. The zero-order chi connectivity index (χ0) is 31.9. The number of allylic oxidation sites excluding steroid dienone is 2. The fourth-order valence-corrected chi connectivity index (χ4v) is 5.36. The quantitative estimate of drug-likeness (QED) is 0.237. The number of anilines is 3. The van der Waals surface area contributed by atoms with Crippen LogP contribution in [0.5, 0.6) is 0 Å². The van der Waals surface area contributed by atoms with E-state index < -0.39 is 0 Å². The second kappa shape index (κ2) is 18.1. The number of nitrogens with one attached hydrogen (secondary N) is 2. The Morgan fingerprint density at radius 3 is 2.48 bits per heavy atom. The molecule has 3 aromatic heterocycles. The number of aromatic nitrogens is 6. The summed E-state index contributed by atoms with van der Waals surface area (Å²) in [5.74, 6) is 2.74. The van der Waals surface area contributed by atoms with Crippen LogP contribution >= 0.6 is 0 Å². The van der Waals surface area contributed by atoms with Crippen LogP contribution in [0.4, 0.5) is 17.6 Å². The van der Waals surface area contributed by atoms with Crippen LogP contribution in [-0.2, 0) is 0 Å². The molecule has 1 saturated heterocycles. The Morgan fingerprint density at radius 2 is 1.82 bits per heavy atom. The molecular formula is C33H53N11. The normalized spacial score (nSPS) is 16.9. The number of rotatable bonds is 10. The molecule has 0 aromatic carbocycles. The van der Waals surface area contributed by atoms with Crippen LogP contribution in [0.25, 0.3) is 16.7 Å². The molecule has 11 nitrogen and oxygen atoms in total. The molecule has 2 unspecified atom stereocenters. The number of fused-ring (bicyclic) bond motifs is 1. The summed E-state index contributed by atoms with van der Waals surface area (Å²) in [6.07, 6.45) is 20.3. The Bertz CT molecular complexity index is 1320. The lowest BCUT2D eigenvalue weighted by atomic mass is 9.98. The van der Waals surface area contributed by atoms with Gasteiger partial charge in [-0.05, 0) is 38.5 Å². The molecule has 0 bridgehead atoms. The van der Waals surface area contributed by atoms with Crippen LogP contribution < -0.4 is 20.9 Å². The van der Waals surface area contributed by atoms with Crippen LogP contribution in [0.3, 0.4) is 0 Å². The molecule has 44 heavy (non-hydrogen) atoms. The third kappa shape index (κ3) is 8.84. The first-order valence-electron chi connectivity index (χ1n) is 16.4. The van der Waals surface area contributed by atoms with Gasteiger partial charge in [0.25, 0.3) is 0 Å². The zero-order valence-electron chi connectivity index (χ0n) is 28.1. The van der Waals surface area contributed by atoms with Gasteiger partial charge in [-0.2, -0.15) is 5.10 Å². The predicted octanol–water partition coefficient (Wildman–Crippen LogP) is 7.00. The standard InChI is InChI=1S/C28H39N11.C3H8.C2H6/c1-5-9-24(7-3)38-19-23(15-33-38)22-13-31-28(32-14-22)37-11-8-10-20(17-37)18-39-27-26(35-36-39)30-16-25(34-27)21(6-2)12-29-4;1-3-2;1-2/h6,12-16,19-20,24,36H,5,7-11,17-18H2,1-4H3,(H,30,35);3H2,1-2H3;1-2H3/b21-6+,29-12?;;. The number of hydrazine groups is 2. The van der Waals surface area contributed by atoms with Crippen molar-refractivity contribution in [1.29, 1.82) is 0 Å². The van der Waals surface area contributed by atoms with Crippen LogP contribution in [-0.4, -0.2) is 62.6 Å². The number of hydrogen-bond acceptors (Lipinski definition) is 10. The minimum Gasteiger partial charge on any atom is -0.340 e. The Labute approximate surface area is 264 Å². The molecule has 5 rings (SSSR count). The average molecular weight is 604 g/mol. The van der Waals surface area contributed by atoms with Gasteiger partial charge >= 0.3 is 0 Å². The Balaban J connectivity index is 0.000000997. The average Bonchev–Trinajstić information content (AvgIpc) is 3.72. The second-order valence-electron chi connectivity index (χ2n) is 10.9. The van der Waals surface area contributed by atoms with Crippen molar-refractivity contribution in [3.63, 3.8) is 0 Å². The minimum absolute atomic E-state index is 0.425. The van der Waals surface area contributed by atoms with Crippen molar-refractivity contribution < 1.29 is 0 Å². The lowest BCUT2D eigenvalue weighted by Gasteiger charge is -2.34. The number of aliphatic imine (C=N–C) groups is 1. The summed E-state index contributed by atoms with van der Waals surface area (Å²) in [6, 6.07) is 0.439. The lowest BCUT2D eigenvalue weighted by Crippen LogP contribution is -2.45. The van der Waals surface area contributed by atoms with E-state index >= 15 is 0 Å². The van der Waals surface area contributed by atoms with Gasteiger partial charge in [-0.3, -0.25) is 20.1 Å². The Morgan fingerprint density at radius 1 is 1.07 bits per heavy atom. The summed E-state index contributed by atoms with van der Waals surface area (Å²) in [7, 11) is 1.76. The van der Waals surface area contributed by atoms with Gasteiger partial charge in [-0.1, -0.05) is 60.5 Å². The van der Waals surface area contributed by atoms with E-state index in [1.54, 1.807) is 19.5 Å². The van der Waals surface area contributed by atoms with Crippen molar-refractivity contribution in [2.45, 2.75) is 93.0 Å². The molecule has 0 spiro atoms. The zero-order valence-corrected chi connectivity index (χ0v) is 28.1. The van der Waals surface area contributed by atoms with Gasteiger partial charge in [-0.15, -0.1) is 5.53 Å². The van der Waals surface area contributed by atoms with E-state index in [0.717, 1.165) is 91.7 Å². The number of piperidine rings is 1. The van der Waals surface area contributed by atoms with Crippen LogP contribution in [0.2, 0.25) is 0 Å². The van der Waals surface area contributed by atoms with E-state index in [1.807, 2.05) is 45.4 Å². The van der Waals surface area contributed by atoms with Crippen molar-refractivity contribution in [2.24, 2.45) is 10.9 Å². The number of hydrogen-bond donors (Lipinski definition) is 2. The molecule has 2 aliphatic rings. The first-order chi connectivity index (χ1) is 21.5. The van der Waals surface area contributed by atoms with Crippen molar-refractivity contribution in [3.05, 3.63) is 42.8 Å². The molecule has 2 aliphatic heterocycles. The molecule has 3 aromatic rings. The first kappa shape index (κ1) is 34.6. The van der Waals surface area contributed by atoms with Gasteiger partial charge in [0.15, 0.2) is 11.6 Å². The number of nitrogens with zero attached hydrogens (tertiary/aromatic N) is 9. The highest BCUT2D eigenvalue weighted by Crippen LogP contribution is 2.29. The topological polar surface area (TPSA) is 112 Å². The molecule has 2 N–H and O–H groups in total. The van der Waals surface area contributed by atoms with Crippen molar-refractivity contribution in [1.82, 2.24) is 35.3 Å². The summed E-state index contributed by atoms with van der Waals surface area (Å²) >= 11 is 0. The molecule has 11 heteroatoms. The molecule has 1 fully saturated rings. The van der Waals surface area contributed by atoms with Crippen LogP contribution in [0, 0.1) is 5.92 Å². The molecule has 0 saturated carbocycles. The molecule has 240 valence electrons.